The molecule has 0 aromatic rings. The molecular weight excluding hydrogens is 220 g/mol. The van der Waals surface area contributed by atoms with Crippen LogP contribution in [0.1, 0.15) is 0 Å². The van der Waals surface area contributed by atoms with Gasteiger partial charge in [0.25, 0.3) is 6.54 Å². The summed E-state index contributed by atoms with van der Waals surface area (Å²) in [5.74, 6) is 0. The molecule has 0 saturated heterocycles. The molecule has 0 radical (unpaired) electrons. The topological polar surface area (TPSA) is 173 Å². The van der Waals surface area contributed by atoms with Gasteiger partial charge in [0.05, 0.1) is 0 Å². The SMILES string of the molecule is O=[N+]([O-])CC(C([N+](=O)[O-])[N+](=O)[O-])[N+](=O)[O-]. The van der Waals surface area contributed by atoms with Crippen molar-refractivity contribution < 1.29 is 19.7 Å². The third-order valence-electron chi connectivity index (χ3n) is 1.38. The second-order valence-corrected chi connectivity index (χ2v) is 2.35. The van der Waals surface area contributed by atoms with E-state index in [1.807, 2.05) is 0 Å². The lowest BCUT2D eigenvalue weighted by atomic mass is 10.2. The molecule has 0 aromatic heterocycles. The van der Waals surface area contributed by atoms with Crippen LogP contribution in [0.5, 0.6) is 0 Å². The molecule has 1 unspecified atom stereocenters. The molecule has 15 heavy (non-hydrogen) atoms. The van der Waals surface area contributed by atoms with Crippen LogP contribution in [0.4, 0.5) is 0 Å². The largest absolute Gasteiger partial charge is 0.521 e. The van der Waals surface area contributed by atoms with Gasteiger partial charge in [0.1, 0.15) is 9.85 Å². The molecule has 84 valence electrons. The average molecular weight is 224 g/mol. The zero-order chi connectivity index (χ0) is 12.2. The van der Waals surface area contributed by atoms with Crippen LogP contribution in [-0.4, -0.2) is 38.4 Å². The third kappa shape index (κ3) is 3.45. The summed E-state index contributed by atoms with van der Waals surface area (Å²) < 4.78 is 0. The molecule has 12 heteroatoms. The van der Waals surface area contributed by atoms with E-state index in [2.05, 4.69) is 0 Å². The first-order chi connectivity index (χ1) is 6.77. The number of nitrogens with zero attached hydrogens (tertiary/aromatic N) is 4. The minimum atomic E-state index is -2.81. The fourth-order valence-corrected chi connectivity index (χ4v) is 0.781. The van der Waals surface area contributed by atoms with E-state index < -0.39 is 38.4 Å². The minimum Gasteiger partial charge on any atom is -0.264 e. The van der Waals surface area contributed by atoms with Gasteiger partial charge in [-0.3, -0.25) is 40.5 Å². The van der Waals surface area contributed by atoms with Crippen molar-refractivity contribution in [2.45, 2.75) is 12.2 Å². The predicted molar refractivity (Wildman–Crippen MR) is 40.4 cm³/mol. The normalized spacial score (nSPS) is 12.1. The highest BCUT2D eigenvalue weighted by atomic mass is 16.7. The molecule has 0 N–H and O–H groups in total. The molecule has 0 fully saturated rings. The number of hydrogen-bond acceptors (Lipinski definition) is 8. The fraction of sp³-hybridized carbons (Fsp3) is 1.00. The summed E-state index contributed by atoms with van der Waals surface area (Å²) in [5.41, 5.74) is 0. The Bertz CT molecular complexity index is 299. The van der Waals surface area contributed by atoms with E-state index in [0.717, 1.165) is 0 Å². The fourth-order valence-electron chi connectivity index (χ4n) is 0.781. The van der Waals surface area contributed by atoms with Gasteiger partial charge in [-0.15, -0.1) is 0 Å². The highest BCUT2D eigenvalue weighted by Crippen LogP contribution is 2.04. The van der Waals surface area contributed by atoms with Crippen LogP contribution < -0.4 is 0 Å². The molecule has 0 saturated carbocycles. The third-order valence-corrected chi connectivity index (χ3v) is 1.38. The van der Waals surface area contributed by atoms with Gasteiger partial charge < -0.3 is 0 Å². The number of hydrogen-bond donors (Lipinski definition) is 0. The van der Waals surface area contributed by atoms with Crippen LogP contribution in [0, 0.1) is 40.5 Å². The quantitative estimate of drug-likeness (QED) is 0.306. The zero-order valence-electron chi connectivity index (χ0n) is 6.92. The Morgan fingerprint density at radius 1 is 0.800 bits per heavy atom. The van der Waals surface area contributed by atoms with Crippen molar-refractivity contribution in [3.63, 3.8) is 0 Å². The van der Waals surface area contributed by atoms with E-state index >= 15 is 0 Å². The Kier molecular flexibility index (Phi) is 3.97. The molecule has 0 spiro atoms. The van der Waals surface area contributed by atoms with E-state index in [0.29, 0.717) is 0 Å². The monoisotopic (exact) mass is 224 g/mol. The summed E-state index contributed by atoms with van der Waals surface area (Å²) in [7, 11) is 0. The lowest BCUT2D eigenvalue weighted by Gasteiger charge is -2.04. The van der Waals surface area contributed by atoms with Gasteiger partial charge in [0, 0.05) is 9.85 Å². The van der Waals surface area contributed by atoms with Crippen molar-refractivity contribution >= 4 is 0 Å². The van der Waals surface area contributed by atoms with Crippen LogP contribution >= 0.6 is 0 Å². The average Bonchev–Trinajstić information content (AvgIpc) is 2.00. The predicted octanol–water partition coefficient (Wildman–Crippen LogP) is -1.21. The van der Waals surface area contributed by atoms with Gasteiger partial charge in [-0.1, -0.05) is 0 Å². The summed E-state index contributed by atoms with van der Waals surface area (Å²) in [5, 5.41) is 40.3. The molecule has 0 aliphatic rings. The standard InChI is InChI=1S/C3H4N4O8/c8-4(9)1-2(5(10)11)3(6(12)13)7(14)15/h2-3H,1H2. The van der Waals surface area contributed by atoms with Gasteiger partial charge in [-0.05, 0) is 0 Å². The Morgan fingerprint density at radius 3 is 1.40 bits per heavy atom. The first-order valence-corrected chi connectivity index (χ1v) is 3.29. The summed E-state index contributed by atoms with van der Waals surface area (Å²) in [6.45, 7) is -1.47. The van der Waals surface area contributed by atoms with E-state index in [4.69, 9.17) is 0 Å². The van der Waals surface area contributed by atoms with Crippen LogP contribution in [0.15, 0.2) is 0 Å². The zero-order valence-corrected chi connectivity index (χ0v) is 6.92. The van der Waals surface area contributed by atoms with Crippen molar-refractivity contribution in [2.75, 3.05) is 6.54 Å². The van der Waals surface area contributed by atoms with E-state index in [-0.39, 0.29) is 0 Å². The number of rotatable bonds is 6. The first-order valence-electron chi connectivity index (χ1n) is 3.29. The molecule has 0 amide bonds. The second kappa shape index (κ2) is 4.73. The Labute approximate surface area is 80.1 Å². The number of nitro groups is 4. The van der Waals surface area contributed by atoms with Crippen molar-refractivity contribution in [2.24, 2.45) is 0 Å². The molecule has 0 aromatic carbocycles. The molecule has 0 bridgehead atoms. The smallest absolute Gasteiger partial charge is 0.264 e. The highest BCUT2D eigenvalue weighted by molar-refractivity contribution is 4.58. The second-order valence-electron chi connectivity index (χ2n) is 2.35. The van der Waals surface area contributed by atoms with Crippen molar-refractivity contribution in [1.82, 2.24) is 0 Å². The maximum absolute atomic E-state index is 10.2. The van der Waals surface area contributed by atoms with Gasteiger partial charge in [0.2, 0.25) is 0 Å². The van der Waals surface area contributed by atoms with E-state index in [1.165, 1.54) is 0 Å². The minimum absolute atomic E-state index is 1.21. The van der Waals surface area contributed by atoms with Gasteiger partial charge >= 0.3 is 12.2 Å². The maximum atomic E-state index is 10.2. The van der Waals surface area contributed by atoms with E-state index in [9.17, 15) is 40.5 Å². The molecular formula is C3H4N4O8. The van der Waals surface area contributed by atoms with Crippen LogP contribution in [0.25, 0.3) is 0 Å². The summed E-state index contributed by atoms with van der Waals surface area (Å²) >= 11 is 0. The van der Waals surface area contributed by atoms with Gasteiger partial charge in [0.15, 0.2) is 0 Å². The summed E-state index contributed by atoms with van der Waals surface area (Å²) in [6.07, 6.45) is -2.81. The van der Waals surface area contributed by atoms with E-state index in [1.54, 1.807) is 0 Å². The lowest BCUT2D eigenvalue weighted by Crippen LogP contribution is -2.48. The Balaban J connectivity index is 5.01. The lowest BCUT2D eigenvalue weighted by molar-refractivity contribution is -0.790. The van der Waals surface area contributed by atoms with Crippen LogP contribution in [0.2, 0.25) is 0 Å². The molecule has 1 atom stereocenters. The van der Waals surface area contributed by atoms with Crippen LogP contribution in [0.3, 0.4) is 0 Å². The molecule has 0 heterocycles. The van der Waals surface area contributed by atoms with Crippen LogP contribution in [-0.2, 0) is 0 Å². The maximum Gasteiger partial charge on any atom is 0.521 e. The van der Waals surface area contributed by atoms with Gasteiger partial charge in [-0.2, -0.15) is 0 Å². The summed E-state index contributed by atoms with van der Waals surface area (Å²) in [6, 6.07) is -2.48. The molecule has 0 aliphatic carbocycles. The molecule has 0 rings (SSSR count). The molecule has 0 aliphatic heterocycles. The van der Waals surface area contributed by atoms with Crippen molar-refractivity contribution in [3.8, 4) is 0 Å². The van der Waals surface area contributed by atoms with Crippen molar-refractivity contribution in [1.29, 1.82) is 0 Å². The first kappa shape index (κ1) is 12.6. The van der Waals surface area contributed by atoms with Gasteiger partial charge in [-0.25, -0.2) is 0 Å². The highest BCUT2D eigenvalue weighted by Gasteiger charge is 2.54. The molecule has 12 nitrogen and oxygen atoms in total. The Morgan fingerprint density at radius 2 is 1.20 bits per heavy atom. The Hall–Kier alpha value is -2.40. The van der Waals surface area contributed by atoms with Crippen molar-refractivity contribution in [3.05, 3.63) is 40.5 Å². The summed E-state index contributed by atoms with van der Waals surface area (Å²) in [4.78, 5) is 34.6.